The van der Waals surface area contributed by atoms with Gasteiger partial charge >= 0.3 is 12.1 Å². The third kappa shape index (κ3) is 2.11. The molecule has 0 heterocycles. The topological polar surface area (TPSA) is 75.6 Å². The summed E-state index contributed by atoms with van der Waals surface area (Å²) >= 11 is 0. The quantitative estimate of drug-likeness (QED) is 0.687. The minimum absolute atomic E-state index is 0.0636. The standard InChI is InChI=1S/C10H15NO4/c1-3-6-15-9(14)11-10(8(12)13)5-4-7(10)2/h3,7H,1,4-6H2,2H3,(H,11,14)(H,12,13). The van der Waals surface area contributed by atoms with Crippen molar-refractivity contribution in [3.63, 3.8) is 0 Å². The van der Waals surface area contributed by atoms with Crippen LogP contribution in [0.1, 0.15) is 19.8 Å². The predicted octanol–water partition coefficient (Wildman–Crippen LogP) is 1.15. The van der Waals surface area contributed by atoms with Crippen molar-refractivity contribution in [2.75, 3.05) is 6.61 Å². The molecule has 2 atom stereocenters. The second-order valence-electron chi connectivity index (χ2n) is 3.73. The predicted molar refractivity (Wildman–Crippen MR) is 53.4 cm³/mol. The van der Waals surface area contributed by atoms with Gasteiger partial charge in [-0.3, -0.25) is 0 Å². The Balaban J connectivity index is 2.57. The van der Waals surface area contributed by atoms with Crippen LogP contribution in [0.15, 0.2) is 12.7 Å². The fourth-order valence-electron chi connectivity index (χ4n) is 1.63. The van der Waals surface area contributed by atoms with Crippen LogP contribution in [0.4, 0.5) is 4.79 Å². The Morgan fingerprint density at radius 2 is 2.40 bits per heavy atom. The molecule has 0 aromatic carbocycles. The van der Waals surface area contributed by atoms with E-state index in [1.165, 1.54) is 6.08 Å². The Morgan fingerprint density at radius 3 is 2.73 bits per heavy atom. The lowest BCUT2D eigenvalue weighted by atomic mass is 9.67. The molecule has 0 saturated heterocycles. The van der Waals surface area contributed by atoms with Crippen LogP contribution in [0.5, 0.6) is 0 Å². The zero-order chi connectivity index (χ0) is 11.5. The maximum atomic E-state index is 11.2. The average molecular weight is 213 g/mol. The molecule has 1 aliphatic carbocycles. The summed E-state index contributed by atoms with van der Waals surface area (Å²) in [5.74, 6) is -1.07. The van der Waals surface area contributed by atoms with Gasteiger partial charge in [-0.2, -0.15) is 0 Å². The second kappa shape index (κ2) is 4.33. The molecule has 0 bridgehead atoms. The van der Waals surface area contributed by atoms with Gasteiger partial charge in [0.25, 0.3) is 0 Å². The number of aliphatic carboxylic acids is 1. The van der Waals surface area contributed by atoms with Crippen molar-refractivity contribution in [3.8, 4) is 0 Å². The van der Waals surface area contributed by atoms with Gasteiger partial charge in [0.05, 0.1) is 0 Å². The monoisotopic (exact) mass is 213 g/mol. The first-order valence-corrected chi connectivity index (χ1v) is 4.82. The van der Waals surface area contributed by atoms with Crippen molar-refractivity contribution < 1.29 is 19.4 Å². The number of hydrogen-bond donors (Lipinski definition) is 2. The van der Waals surface area contributed by atoms with Gasteiger partial charge in [-0.05, 0) is 18.8 Å². The van der Waals surface area contributed by atoms with Crippen LogP contribution in [0.25, 0.3) is 0 Å². The van der Waals surface area contributed by atoms with Crippen molar-refractivity contribution in [2.45, 2.75) is 25.3 Å². The molecular weight excluding hydrogens is 198 g/mol. The van der Waals surface area contributed by atoms with Crippen molar-refractivity contribution in [1.82, 2.24) is 5.32 Å². The summed E-state index contributed by atoms with van der Waals surface area (Å²) in [5, 5.41) is 11.4. The van der Waals surface area contributed by atoms with E-state index in [4.69, 9.17) is 5.11 Å². The van der Waals surface area contributed by atoms with Gasteiger partial charge in [-0.1, -0.05) is 19.6 Å². The molecule has 0 aliphatic heterocycles. The van der Waals surface area contributed by atoms with Gasteiger partial charge in [0.2, 0.25) is 0 Å². The summed E-state index contributed by atoms with van der Waals surface area (Å²) < 4.78 is 4.69. The number of carbonyl (C=O) groups excluding carboxylic acids is 1. The summed E-state index contributed by atoms with van der Waals surface area (Å²) in [4.78, 5) is 22.2. The molecule has 15 heavy (non-hydrogen) atoms. The third-order valence-corrected chi connectivity index (χ3v) is 2.85. The normalized spacial score (nSPS) is 28.7. The highest BCUT2D eigenvalue weighted by molar-refractivity contribution is 5.85. The van der Waals surface area contributed by atoms with Crippen LogP contribution in [0.3, 0.4) is 0 Å². The molecule has 1 rings (SSSR count). The average Bonchev–Trinajstić information content (AvgIpc) is 2.20. The lowest BCUT2D eigenvalue weighted by Crippen LogP contribution is -2.64. The summed E-state index contributed by atoms with van der Waals surface area (Å²) in [6.07, 6.45) is 1.97. The Kier molecular flexibility index (Phi) is 3.34. The fraction of sp³-hybridized carbons (Fsp3) is 0.600. The highest BCUT2D eigenvalue weighted by Crippen LogP contribution is 2.38. The van der Waals surface area contributed by atoms with E-state index in [9.17, 15) is 9.59 Å². The van der Waals surface area contributed by atoms with E-state index in [-0.39, 0.29) is 12.5 Å². The lowest BCUT2D eigenvalue weighted by molar-refractivity contribution is -0.152. The molecule has 5 heteroatoms. The Bertz CT molecular complexity index is 289. The number of ether oxygens (including phenoxy) is 1. The lowest BCUT2D eigenvalue weighted by Gasteiger charge is -2.44. The number of carboxylic acid groups (broad SMARTS) is 1. The molecule has 84 valence electrons. The van der Waals surface area contributed by atoms with Crippen LogP contribution >= 0.6 is 0 Å². The fourth-order valence-corrected chi connectivity index (χ4v) is 1.63. The van der Waals surface area contributed by atoms with E-state index in [2.05, 4.69) is 16.6 Å². The van der Waals surface area contributed by atoms with Gasteiger partial charge in [-0.25, -0.2) is 9.59 Å². The number of carboxylic acids is 1. The van der Waals surface area contributed by atoms with E-state index < -0.39 is 17.6 Å². The summed E-state index contributed by atoms with van der Waals surface area (Å²) in [6.45, 7) is 5.27. The number of amides is 1. The van der Waals surface area contributed by atoms with Gasteiger partial charge in [0, 0.05) is 0 Å². The summed E-state index contributed by atoms with van der Waals surface area (Å²) in [6, 6.07) is 0. The van der Waals surface area contributed by atoms with Crippen molar-refractivity contribution >= 4 is 12.1 Å². The van der Waals surface area contributed by atoms with E-state index in [0.717, 1.165) is 6.42 Å². The Labute approximate surface area is 88.1 Å². The van der Waals surface area contributed by atoms with Gasteiger partial charge in [0.1, 0.15) is 12.1 Å². The van der Waals surface area contributed by atoms with E-state index in [0.29, 0.717) is 6.42 Å². The Hall–Kier alpha value is -1.52. The molecule has 0 aromatic heterocycles. The van der Waals surface area contributed by atoms with Gasteiger partial charge in [0.15, 0.2) is 0 Å². The molecule has 0 radical (unpaired) electrons. The molecule has 2 N–H and O–H groups in total. The zero-order valence-electron chi connectivity index (χ0n) is 8.66. The van der Waals surface area contributed by atoms with Crippen LogP contribution in [-0.2, 0) is 9.53 Å². The molecule has 1 amide bonds. The van der Waals surface area contributed by atoms with Crippen LogP contribution in [-0.4, -0.2) is 29.3 Å². The van der Waals surface area contributed by atoms with E-state index in [1.54, 1.807) is 6.92 Å². The summed E-state index contributed by atoms with van der Waals surface area (Å²) in [5.41, 5.74) is -1.14. The largest absolute Gasteiger partial charge is 0.479 e. The van der Waals surface area contributed by atoms with Crippen LogP contribution in [0.2, 0.25) is 0 Å². The van der Waals surface area contributed by atoms with E-state index in [1.807, 2.05) is 0 Å². The smallest absolute Gasteiger partial charge is 0.408 e. The van der Waals surface area contributed by atoms with Crippen molar-refractivity contribution in [2.24, 2.45) is 5.92 Å². The summed E-state index contributed by atoms with van der Waals surface area (Å²) in [7, 11) is 0. The Morgan fingerprint density at radius 1 is 1.73 bits per heavy atom. The molecule has 1 saturated carbocycles. The minimum Gasteiger partial charge on any atom is -0.479 e. The maximum absolute atomic E-state index is 11.2. The maximum Gasteiger partial charge on any atom is 0.408 e. The highest BCUT2D eigenvalue weighted by atomic mass is 16.5. The number of carbonyl (C=O) groups is 2. The van der Waals surface area contributed by atoms with Crippen LogP contribution < -0.4 is 5.32 Å². The zero-order valence-corrected chi connectivity index (χ0v) is 8.66. The first kappa shape index (κ1) is 11.6. The first-order valence-electron chi connectivity index (χ1n) is 4.82. The molecule has 5 nitrogen and oxygen atoms in total. The van der Waals surface area contributed by atoms with E-state index >= 15 is 0 Å². The molecule has 1 fully saturated rings. The minimum atomic E-state index is -1.14. The van der Waals surface area contributed by atoms with Crippen molar-refractivity contribution in [3.05, 3.63) is 12.7 Å². The number of alkyl carbamates (subject to hydrolysis) is 1. The number of rotatable bonds is 4. The van der Waals surface area contributed by atoms with Crippen LogP contribution in [0, 0.1) is 5.92 Å². The molecule has 0 aromatic rings. The van der Waals surface area contributed by atoms with Gasteiger partial charge < -0.3 is 15.2 Å². The molecule has 0 spiro atoms. The third-order valence-electron chi connectivity index (χ3n) is 2.85. The molecular formula is C10H15NO4. The molecule has 2 unspecified atom stereocenters. The SMILES string of the molecule is C=CCOC(=O)NC1(C(=O)O)CCC1C. The number of hydrogen-bond acceptors (Lipinski definition) is 3. The first-order chi connectivity index (χ1) is 7.03. The number of nitrogens with one attached hydrogen (secondary N) is 1. The molecule has 1 aliphatic rings. The van der Waals surface area contributed by atoms with Crippen molar-refractivity contribution in [1.29, 1.82) is 0 Å². The highest BCUT2D eigenvalue weighted by Gasteiger charge is 2.52. The second-order valence-corrected chi connectivity index (χ2v) is 3.73. The van der Waals surface area contributed by atoms with Gasteiger partial charge in [-0.15, -0.1) is 0 Å².